The van der Waals surface area contributed by atoms with Crippen LogP contribution in [0.4, 0.5) is 14.9 Å². The average molecular weight is 519 g/mol. The van der Waals surface area contributed by atoms with Gasteiger partial charge in [-0.25, -0.2) is 13.9 Å². The zero-order valence-electron chi connectivity index (χ0n) is 22.4. The van der Waals surface area contributed by atoms with E-state index in [1.807, 2.05) is 42.9 Å². The number of carbonyl (C=O) groups is 2. The molecule has 7 nitrogen and oxygen atoms in total. The molecule has 0 saturated heterocycles. The van der Waals surface area contributed by atoms with Gasteiger partial charge in [0.25, 0.3) is 0 Å². The number of amides is 2. The Morgan fingerprint density at radius 2 is 1.87 bits per heavy atom. The number of fused-ring (bicyclic) bond motifs is 2. The first-order valence-corrected chi connectivity index (χ1v) is 13.1. The molecule has 2 unspecified atom stereocenters. The van der Waals surface area contributed by atoms with E-state index in [0.29, 0.717) is 12.1 Å². The number of ether oxygens (including phenoxy) is 1. The molecule has 0 spiro atoms. The Kier molecular flexibility index (Phi) is 8.29. The average Bonchev–Trinajstić information content (AvgIpc) is 3.31. The van der Waals surface area contributed by atoms with Crippen LogP contribution in [0.5, 0.6) is 0 Å². The molecular weight excluding hydrogens is 483 g/mol. The fourth-order valence-electron chi connectivity index (χ4n) is 5.19. The zero-order valence-corrected chi connectivity index (χ0v) is 22.4. The maximum Gasteiger partial charge on any atom is 0.410 e. The molecule has 3 aromatic rings. The highest BCUT2D eigenvalue weighted by Gasteiger charge is 2.46. The molecule has 1 heterocycles. The third-order valence-corrected chi connectivity index (χ3v) is 7.18. The lowest BCUT2D eigenvalue weighted by Crippen LogP contribution is -2.46. The van der Waals surface area contributed by atoms with E-state index in [-0.39, 0.29) is 29.8 Å². The Morgan fingerprint density at radius 1 is 1.16 bits per heavy atom. The molecule has 200 valence electrons. The number of anilines is 1. The summed E-state index contributed by atoms with van der Waals surface area (Å²) >= 11 is 0. The number of nitrogens with zero attached hydrogens (tertiary/aromatic N) is 3. The van der Waals surface area contributed by atoms with Crippen molar-refractivity contribution in [1.29, 1.82) is 0 Å². The Morgan fingerprint density at radius 3 is 2.58 bits per heavy atom. The summed E-state index contributed by atoms with van der Waals surface area (Å²) in [6.07, 6.45) is 6.41. The monoisotopic (exact) mass is 518 g/mol. The normalized spacial score (nSPS) is 19.6. The van der Waals surface area contributed by atoms with E-state index in [0.717, 1.165) is 36.2 Å². The quantitative estimate of drug-likeness (QED) is 0.434. The third-order valence-electron chi connectivity index (χ3n) is 7.18. The van der Waals surface area contributed by atoms with Crippen molar-refractivity contribution in [2.75, 3.05) is 18.9 Å². The van der Waals surface area contributed by atoms with Crippen LogP contribution in [0, 0.1) is 11.2 Å². The molecule has 2 aliphatic carbocycles. The molecule has 5 rings (SSSR count). The fourth-order valence-corrected chi connectivity index (χ4v) is 5.19. The lowest BCUT2D eigenvalue weighted by atomic mass is 9.64. The zero-order chi connectivity index (χ0) is 27.3. The van der Waals surface area contributed by atoms with E-state index in [2.05, 4.69) is 23.4 Å². The van der Waals surface area contributed by atoms with Crippen LogP contribution in [-0.2, 0) is 16.0 Å². The van der Waals surface area contributed by atoms with Gasteiger partial charge in [0.15, 0.2) is 0 Å². The molecule has 0 bridgehead atoms. The van der Waals surface area contributed by atoms with E-state index in [4.69, 9.17) is 4.74 Å². The molecule has 8 heteroatoms. The Balaban J connectivity index is 0.00000164. The predicted molar refractivity (Wildman–Crippen MR) is 146 cm³/mol. The highest BCUT2D eigenvalue weighted by Crippen LogP contribution is 2.49. The number of hydrogen-bond donors (Lipinski definition) is 1. The van der Waals surface area contributed by atoms with Crippen molar-refractivity contribution >= 4 is 23.8 Å². The van der Waals surface area contributed by atoms with E-state index in [1.54, 1.807) is 31.3 Å². The second kappa shape index (κ2) is 11.6. The van der Waals surface area contributed by atoms with Crippen LogP contribution in [0.3, 0.4) is 0 Å². The third kappa shape index (κ3) is 5.64. The summed E-state index contributed by atoms with van der Waals surface area (Å²) in [4.78, 5) is 26.6. The SMILES string of the molecule is CC.CN(CC(=O)Nc1ccccc1)C(=O)OC1CCCC2=Cc3c(cnn3-c3ccc(F)cc3)CC21C. The molecule has 2 amide bonds. The van der Waals surface area contributed by atoms with Crippen molar-refractivity contribution in [2.24, 2.45) is 5.41 Å². The lowest BCUT2D eigenvalue weighted by molar-refractivity contribution is -0.117. The van der Waals surface area contributed by atoms with Crippen molar-refractivity contribution in [3.63, 3.8) is 0 Å². The van der Waals surface area contributed by atoms with Crippen LogP contribution < -0.4 is 5.32 Å². The molecule has 2 aromatic carbocycles. The van der Waals surface area contributed by atoms with Gasteiger partial charge in [0.2, 0.25) is 5.91 Å². The Bertz CT molecular complexity index is 1300. The number of nitrogens with one attached hydrogen (secondary N) is 1. The summed E-state index contributed by atoms with van der Waals surface area (Å²) in [5, 5.41) is 7.34. The van der Waals surface area contributed by atoms with Gasteiger partial charge in [-0.1, -0.05) is 44.5 Å². The van der Waals surface area contributed by atoms with Gasteiger partial charge in [-0.2, -0.15) is 5.10 Å². The van der Waals surface area contributed by atoms with Gasteiger partial charge in [0.05, 0.1) is 17.6 Å². The number of benzene rings is 2. The summed E-state index contributed by atoms with van der Waals surface area (Å²) in [5.74, 6) is -0.572. The first-order valence-electron chi connectivity index (χ1n) is 13.1. The first kappa shape index (κ1) is 27.1. The topological polar surface area (TPSA) is 76.5 Å². The van der Waals surface area contributed by atoms with Crippen LogP contribution in [0.25, 0.3) is 11.8 Å². The first-order chi connectivity index (χ1) is 18.3. The van der Waals surface area contributed by atoms with Gasteiger partial charge in [0.1, 0.15) is 18.5 Å². The second-order valence-electron chi connectivity index (χ2n) is 9.74. The van der Waals surface area contributed by atoms with Crippen LogP contribution >= 0.6 is 0 Å². The molecule has 1 N–H and O–H groups in total. The Hall–Kier alpha value is -3.94. The fraction of sp³-hybridized carbons (Fsp3) is 0.367. The number of hydrogen-bond acceptors (Lipinski definition) is 4. The number of halogens is 1. The van der Waals surface area contributed by atoms with E-state index < -0.39 is 6.09 Å². The predicted octanol–water partition coefficient (Wildman–Crippen LogP) is 6.24. The summed E-state index contributed by atoms with van der Waals surface area (Å²) in [5.41, 5.74) is 4.38. The van der Waals surface area contributed by atoms with E-state index >= 15 is 0 Å². The van der Waals surface area contributed by atoms with Gasteiger partial charge in [0, 0.05) is 18.2 Å². The van der Waals surface area contributed by atoms with E-state index in [1.165, 1.54) is 22.6 Å². The lowest BCUT2D eigenvalue weighted by Gasteiger charge is -2.45. The summed E-state index contributed by atoms with van der Waals surface area (Å²) in [7, 11) is 1.57. The largest absolute Gasteiger partial charge is 0.445 e. The highest BCUT2D eigenvalue weighted by atomic mass is 19.1. The number of carbonyl (C=O) groups excluding carboxylic acids is 2. The molecular formula is C30H35FN4O3. The molecule has 1 saturated carbocycles. The molecule has 38 heavy (non-hydrogen) atoms. The minimum Gasteiger partial charge on any atom is -0.445 e. The Labute approximate surface area is 223 Å². The summed E-state index contributed by atoms with van der Waals surface area (Å²) in [6.45, 7) is 6.03. The smallest absolute Gasteiger partial charge is 0.410 e. The van der Waals surface area contributed by atoms with Gasteiger partial charge in [-0.3, -0.25) is 4.79 Å². The molecule has 0 radical (unpaired) electrons. The van der Waals surface area contributed by atoms with Crippen LogP contribution in [0.1, 0.15) is 51.3 Å². The number of rotatable bonds is 5. The highest BCUT2D eigenvalue weighted by molar-refractivity contribution is 5.93. The second-order valence-corrected chi connectivity index (χ2v) is 9.74. The van der Waals surface area contributed by atoms with Crippen LogP contribution in [-0.4, -0.2) is 46.4 Å². The molecule has 2 atom stereocenters. The molecule has 0 aliphatic heterocycles. The number of aromatic nitrogens is 2. The van der Waals surface area contributed by atoms with Crippen molar-refractivity contribution in [3.8, 4) is 5.69 Å². The summed E-state index contributed by atoms with van der Waals surface area (Å²) in [6, 6.07) is 15.4. The molecule has 1 aromatic heterocycles. The number of likely N-dealkylation sites (N-methyl/N-ethyl adjacent to an activating group) is 1. The minimum atomic E-state index is -0.515. The van der Waals surface area contributed by atoms with Crippen LogP contribution in [0.15, 0.2) is 66.4 Å². The van der Waals surface area contributed by atoms with Gasteiger partial charge in [-0.15, -0.1) is 0 Å². The maximum absolute atomic E-state index is 13.4. The van der Waals surface area contributed by atoms with Crippen molar-refractivity contribution < 1.29 is 18.7 Å². The maximum atomic E-state index is 13.4. The van der Waals surface area contributed by atoms with Gasteiger partial charge in [-0.05, 0) is 73.7 Å². The minimum absolute atomic E-state index is 0.103. The van der Waals surface area contributed by atoms with E-state index in [9.17, 15) is 14.0 Å². The molecule has 2 aliphatic rings. The van der Waals surface area contributed by atoms with Gasteiger partial charge < -0.3 is 15.0 Å². The van der Waals surface area contributed by atoms with Crippen molar-refractivity contribution in [3.05, 3.63) is 83.4 Å². The summed E-state index contributed by atoms with van der Waals surface area (Å²) < 4.78 is 21.2. The van der Waals surface area contributed by atoms with Crippen molar-refractivity contribution in [1.82, 2.24) is 14.7 Å². The number of para-hydroxylation sites is 1. The van der Waals surface area contributed by atoms with Gasteiger partial charge >= 0.3 is 6.09 Å². The van der Waals surface area contributed by atoms with Crippen molar-refractivity contribution in [2.45, 2.75) is 52.6 Å². The standard InChI is InChI=1S/C28H29FN4O3.C2H6/c1-28-16-19-17-30-33(23-13-11-21(29)12-14-23)24(19)15-20(28)7-6-10-25(28)36-27(35)32(2)18-26(34)31-22-8-4-3-5-9-22;1-2/h3-5,8-9,11-15,17,25H,6-7,10,16,18H2,1-2H3,(H,31,34);1-2H3. The van der Waals surface area contributed by atoms with Crippen LogP contribution in [0.2, 0.25) is 0 Å². The molecule has 1 fully saturated rings.